The first kappa shape index (κ1) is 29.5. The summed E-state index contributed by atoms with van der Waals surface area (Å²) in [6, 6.07) is 60.6. The summed E-state index contributed by atoms with van der Waals surface area (Å²) in [6.45, 7) is 6.78. The van der Waals surface area contributed by atoms with E-state index in [4.69, 9.17) is 4.42 Å². The number of anilines is 3. The zero-order chi connectivity index (χ0) is 32.7. The van der Waals surface area contributed by atoms with Gasteiger partial charge in [-0.15, -0.1) is 0 Å². The summed E-state index contributed by atoms with van der Waals surface area (Å²) in [5.41, 5.74) is 11.1. The normalized spacial score (nSPS) is 11.6. The molecular formula is C46H37NO. The molecule has 0 saturated heterocycles. The topological polar surface area (TPSA) is 16.4 Å². The van der Waals surface area contributed by atoms with E-state index in [2.05, 4.69) is 189 Å². The predicted molar refractivity (Wildman–Crippen MR) is 203 cm³/mol. The van der Waals surface area contributed by atoms with Crippen molar-refractivity contribution in [3.63, 3.8) is 0 Å². The predicted octanol–water partition coefficient (Wildman–Crippen LogP) is 13.4. The molecule has 0 unspecified atom stereocenters. The Morgan fingerprint density at radius 3 is 1.73 bits per heavy atom. The van der Waals surface area contributed by atoms with Gasteiger partial charge in [-0.2, -0.15) is 0 Å². The van der Waals surface area contributed by atoms with Crippen LogP contribution in [0.15, 0.2) is 174 Å². The molecule has 0 aliphatic heterocycles. The van der Waals surface area contributed by atoms with Crippen LogP contribution in [-0.4, -0.2) is 0 Å². The smallest absolute Gasteiger partial charge is 0.139 e. The van der Waals surface area contributed by atoms with Gasteiger partial charge in [-0.1, -0.05) is 142 Å². The molecule has 0 amide bonds. The van der Waals surface area contributed by atoms with Crippen molar-refractivity contribution < 1.29 is 4.42 Å². The van der Waals surface area contributed by atoms with E-state index in [0.29, 0.717) is 0 Å². The van der Waals surface area contributed by atoms with Gasteiger partial charge in [0.25, 0.3) is 0 Å². The Balaban J connectivity index is 1.26. The summed E-state index contributed by atoms with van der Waals surface area (Å²) in [6.07, 6.45) is 0. The molecule has 0 atom stereocenters. The molecule has 0 radical (unpaired) electrons. The molecular weight excluding hydrogens is 583 g/mol. The standard InChI is InChI=1S/C46H37NO/c1-46(2,3)44-42-21-9-10-22-43(42)48-45(44)38-18-12-20-41(31-38)47(40-19-11-17-36(30-40)32-13-5-4-6-14-32)39-27-25-34(26-28-39)37-24-23-33-15-7-8-16-35(33)29-37/h4-31H,1-3H3. The average Bonchev–Trinajstić information content (AvgIpc) is 3.54. The summed E-state index contributed by atoms with van der Waals surface area (Å²) in [5.74, 6) is 0.926. The first-order valence-electron chi connectivity index (χ1n) is 16.6. The van der Waals surface area contributed by atoms with Crippen molar-refractivity contribution in [3.05, 3.63) is 175 Å². The molecule has 2 nitrogen and oxygen atoms in total. The van der Waals surface area contributed by atoms with Gasteiger partial charge in [0.2, 0.25) is 0 Å². The van der Waals surface area contributed by atoms with E-state index in [-0.39, 0.29) is 5.41 Å². The minimum atomic E-state index is -0.0970. The average molecular weight is 620 g/mol. The van der Waals surface area contributed by atoms with E-state index >= 15 is 0 Å². The van der Waals surface area contributed by atoms with E-state index in [1.54, 1.807) is 0 Å². The van der Waals surface area contributed by atoms with Crippen molar-refractivity contribution >= 4 is 38.8 Å². The Morgan fingerprint density at radius 1 is 0.417 bits per heavy atom. The Labute approximate surface area is 282 Å². The Hall–Kier alpha value is -5.86. The van der Waals surface area contributed by atoms with Gasteiger partial charge in [0.15, 0.2) is 0 Å². The van der Waals surface area contributed by atoms with Crippen LogP contribution in [0, 0.1) is 0 Å². The van der Waals surface area contributed by atoms with Crippen molar-refractivity contribution in [2.75, 3.05) is 4.90 Å². The molecule has 8 aromatic rings. The van der Waals surface area contributed by atoms with Crippen molar-refractivity contribution in [2.45, 2.75) is 26.2 Å². The fourth-order valence-electron chi connectivity index (χ4n) is 6.85. The number of furan rings is 1. The SMILES string of the molecule is CC(C)(C)c1c(-c2cccc(N(c3ccc(-c4ccc5ccccc5c4)cc3)c3cccc(-c4ccccc4)c3)c2)oc2ccccc12. The third-order valence-corrected chi connectivity index (χ3v) is 9.13. The van der Waals surface area contributed by atoms with Crippen LogP contribution in [0.4, 0.5) is 17.1 Å². The van der Waals surface area contributed by atoms with Crippen LogP contribution in [0.5, 0.6) is 0 Å². The van der Waals surface area contributed by atoms with Crippen molar-refractivity contribution in [2.24, 2.45) is 0 Å². The highest BCUT2D eigenvalue weighted by Gasteiger charge is 2.26. The molecule has 7 aromatic carbocycles. The third kappa shape index (κ3) is 5.56. The van der Waals surface area contributed by atoms with Gasteiger partial charge in [-0.3, -0.25) is 0 Å². The van der Waals surface area contributed by atoms with E-state index in [0.717, 1.165) is 34.0 Å². The van der Waals surface area contributed by atoms with Gasteiger partial charge >= 0.3 is 0 Å². The van der Waals surface area contributed by atoms with Gasteiger partial charge < -0.3 is 9.32 Å². The molecule has 2 heteroatoms. The number of para-hydroxylation sites is 1. The summed E-state index contributed by atoms with van der Waals surface area (Å²) in [4.78, 5) is 2.35. The van der Waals surface area contributed by atoms with Crippen molar-refractivity contribution in [1.82, 2.24) is 0 Å². The first-order valence-corrected chi connectivity index (χ1v) is 16.6. The molecule has 1 heterocycles. The molecule has 0 fully saturated rings. The van der Waals surface area contributed by atoms with Crippen molar-refractivity contribution in [3.8, 4) is 33.6 Å². The molecule has 0 aliphatic carbocycles. The Kier molecular flexibility index (Phi) is 7.42. The number of fused-ring (bicyclic) bond motifs is 2. The van der Waals surface area contributed by atoms with Crippen LogP contribution in [0.1, 0.15) is 26.3 Å². The zero-order valence-corrected chi connectivity index (χ0v) is 27.5. The fraction of sp³-hybridized carbons (Fsp3) is 0.0870. The van der Waals surface area contributed by atoms with E-state index in [9.17, 15) is 0 Å². The summed E-state index contributed by atoms with van der Waals surface area (Å²) >= 11 is 0. The van der Waals surface area contributed by atoms with Crippen LogP contribution in [0.25, 0.3) is 55.3 Å². The summed E-state index contributed by atoms with van der Waals surface area (Å²) in [5, 5.41) is 3.67. The van der Waals surface area contributed by atoms with E-state index in [1.165, 1.54) is 44.0 Å². The maximum absolute atomic E-state index is 6.61. The molecule has 0 saturated carbocycles. The molecule has 0 spiro atoms. The van der Waals surface area contributed by atoms with Gasteiger partial charge in [-0.05, 0) is 87.0 Å². The lowest BCUT2D eigenvalue weighted by molar-refractivity contribution is 0.568. The number of benzene rings is 7. The van der Waals surface area contributed by atoms with Gasteiger partial charge in [0, 0.05) is 33.6 Å². The van der Waals surface area contributed by atoms with Crippen LogP contribution in [0.3, 0.4) is 0 Å². The Bertz CT molecular complexity index is 2380. The molecule has 232 valence electrons. The number of rotatable bonds is 6. The highest BCUT2D eigenvalue weighted by Crippen LogP contribution is 2.44. The fourth-order valence-corrected chi connectivity index (χ4v) is 6.85. The lowest BCUT2D eigenvalue weighted by atomic mass is 9.83. The molecule has 0 aliphatic rings. The second kappa shape index (κ2) is 12.1. The maximum atomic E-state index is 6.61. The lowest BCUT2D eigenvalue weighted by Crippen LogP contribution is -2.12. The summed E-state index contributed by atoms with van der Waals surface area (Å²) < 4.78 is 6.61. The molecule has 0 bridgehead atoms. The van der Waals surface area contributed by atoms with Gasteiger partial charge in [-0.25, -0.2) is 0 Å². The van der Waals surface area contributed by atoms with E-state index in [1.807, 2.05) is 6.07 Å². The minimum absolute atomic E-state index is 0.0970. The highest BCUT2D eigenvalue weighted by molar-refractivity contribution is 5.91. The van der Waals surface area contributed by atoms with Crippen LogP contribution in [0.2, 0.25) is 0 Å². The van der Waals surface area contributed by atoms with Crippen LogP contribution < -0.4 is 4.90 Å². The number of hydrogen-bond acceptors (Lipinski definition) is 2. The largest absolute Gasteiger partial charge is 0.456 e. The molecule has 8 rings (SSSR count). The maximum Gasteiger partial charge on any atom is 0.139 e. The molecule has 48 heavy (non-hydrogen) atoms. The minimum Gasteiger partial charge on any atom is -0.456 e. The quantitative estimate of drug-likeness (QED) is 0.184. The van der Waals surface area contributed by atoms with Crippen LogP contribution in [-0.2, 0) is 5.41 Å². The zero-order valence-electron chi connectivity index (χ0n) is 27.5. The number of hydrogen-bond donors (Lipinski definition) is 0. The lowest BCUT2D eigenvalue weighted by Gasteiger charge is -2.27. The van der Waals surface area contributed by atoms with Gasteiger partial charge in [0.1, 0.15) is 11.3 Å². The summed E-state index contributed by atoms with van der Waals surface area (Å²) in [7, 11) is 0. The second-order valence-electron chi connectivity index (χ2n) is 13.5. The van der Waals surface area contributed by atoms with E-state index < -0.39 is 0 Å². The Morgan fingerprint density at radius 2 is 0.979 bits per heavy atom. The van der Waals surface area contributed by atoms with Gasteiger partial charge in [0.05, 0.1) is 0 Å². The molecule has 1 aromatic heterocycles. The molecule has 0 N–H and O–H groups in total. The van der Waals surface area contributed by atoms with Crippen LogP contribution >= 0.6 is 0 Å². The third-order valence-electron chi connectivity index (χ3n) is 9.13. The second-order valence-corrected chi connectivity index (χ2v) is 13.5. The number of nitrogens with zero attached hydrogens (tertiary/aromatic N) is 1. The first-order chi connectivity index (χ1) is 23.4. The highest BCUT2D eigenvalue weighted by atomic mass is 16.3. The monoisotopic (exact) mass is 619 g/mol. The van der Waals surface area contributed by atoms with Crippen molar-refractivity contribution in [1.29, 1.82) is 0 Å².